The van der Waals surface area contributed by atoms with Crippen molar-refractivity contribution in [1.82, 2.24) is 0 Å². The summed E-state index contributed by atoms with van der Waals surface area (Å²) < 4.78 is 4.74. The molecule has 1 aromatic carbocycles. The predicted octanol–water partition coefficient (Wildman–Crippen LogP) is 2.44. The van der Waals surface area contributed by atoms with Crippen LogP contribution < -0.4 is 4.74 Å². The van der Waals surface area contributed by atoms with Crippen molar-refractivity contribution in [3.63, 3.8) is 0 Å². The lowest BCUT2D eigenvalue weighted by atomic mass is 10.0. The van der Waals surface area contributed by atoms with Crippen LogP contribution in [0.1, 0.15) is 16.7 Å². The molecule has 0 fully saturated rings. The van der Waals surface area contributed by atoms with Gasteiger partial charge in [-0.1, -0.05) is 0 Å². The van der Waals surface area contributed by atoms with E-state index in [0.29, 0.717) is 11.4 Å². The lowest BCUT2D eigenvalue weighted by molar-refractivity contribution is 0.507. The number of hydrogen-bond acceptors (Lipinski definition) is 4. The Balaban J connectivity index is 3.51. The molecule has 0 atom stereocenters. The van der Waals surface area contributed by atoms with Crippen LogP contribution in [0.5, 0.6) is 5.75 Å². The third-order valence-electron chi connectivity index (χ3n) is 2.40. The Morgan fingerprint density at radius 1 is 1.33 bits per heavy atom. The van der Waals surface area contributed by atoms with E-state index in [2.05, 4.69) is 4.99 Å². The molecule has 0 aliphatic rings. The summed E-state index contributed by atoms with van der Waals surface area (Å²) >= 11 is 0. The monoisotopic (exact) mass is 202 g/mol. The summed E-state index contributed by atoms with van der Waals surface area (Å²) in [4.78, 5) is 13.8. The normalized spacial score (nSPS) is 8.93. The largest absolute Gasteiger partial charge is 0.386 e. The first-order valence-electron chi connectivity index (χ1n) is 4.36. The number of ether oxygens (including phenoxy) is 1. The van der Waals surface area contributed by atoms with E-state index >= 15 is 0 Å². The maximum atomic E-state index is 10.2. The average Bonchev–Trinajstić information content (AvgIpc) is 2.21. The maximum absolute atomic E-state index is 10.2. The minimum absolute atomic E-state index is 0.293. The van der Waals surface area contributed by atoms with Crippen molar-refractivity contribution in [3.05, 3.63) is 22.8 Å². The quantitative estimate of drug-likeness (QED) is 0.420. The van der Waals surface area contributed by atoms with Crippen molar-refractivity contribution in [3.8, 4) is 12.0 Å². The van der Waals surface area contributed by atoms with Gasteiger partial charge in [0.15, 0.2) is 5.75 Å². The van der Waals surface area contributed by atoms with Crippen molar-refractivity contribution in [2.24, 2.45) is 4.99 Å². The molecule has 4 heteroatoms. The predicted molar refractivity (Wildman–Crippen MR) is 54.7 cm³/mol. The van der Waals surface area contributed by atoms with E-state index in [1.807, 2.05) is 20.8 Å². The fourth-order valence-electron chi connectivity index (χ4n) is 1.34. The first-order valence-corrected chi connectivity index (χ1v) is 4.36. The zero-order chi connectivity index (χ0) is 11.4. The van der Waals surface area contributed by atoms with Crippen LogP contribution in [0.2, 0.25) is 0 Å². The van der Waals surface area contributed by atoms with Crippen LogP contribution in [-0.2, 0) is 4.79 Å². The number of nitrogens with zero attached hydrogens (tertiary/aromatic N) is 2. The Hall–Kier alpha value is -2.11. The smallest absolute Gasteiger partial charge is 0.292 e. The molecule has 0 bridgehead atoms. The van der Waals surface area contributed by atoms with Gasteiger partial charge in [-0.3, -0.25) is 0 Å². The average molecular weight is 202 g/mol. The Morgan fingerprint density at radius 3 is 2.53 bits per heavy atom. The molecule has 1 aromatic rings. The molecule has 0 aromatic heterocycles. The van der Waals surface area contributed by atoms with E-state index in [9.17, 15) is 4.79 Å². The summed E-state index contributed by atoms with van der Waals surface area (Å²) in [7, 11) is 0. The van der Waals surface area contributed by atoms with Crippen LogP contribution in [0.3, 0.4) is 0 Å². The SMILES string of the molecule is Cc1cc(OC#N)c(N=C=O)c(C)c1C. The highest BCUT2D eigenvalue weighted by atomic mass is 16.5. The van der Waals surface area contributed by atoms with Gasteiger partial charge in [-0.05, 0) is 43.5 Å². The highest BCUT2D eigenvalue weighted by molar-refractivity contribution is 5.65. The molecule has 0 radical (unpaired) electrons. The van der Waals surface area contributed by atoms with Gasteiger partial charge in [0.25, 0.3) is 6.26 Å². The number of nitriles is 1. The number of hydrogen-bond donors (Lipinski definition) is 0. The number of aryl methyl sites for hydroxylation is 1. The molecule has 0 aliphatic heterocycles. The van der Waals surface area contributed by atoms with Gasteiger partial charge >= 0.3 is 0 Å². The molecular formula is C11H10N2O2. The maximum Gasteiger partial charge on any atom is 0.292 e. The molecule has 0 saturated heterocycles. The molecule has 15 heavy (non-hydrogen) atoms. The third kappa shape index (κ3) is 2.04. The van der Waals surface area contributed by atoms with E-state index in [1.54, 1.807) is 12.3 Å². The fraction of sp³-hybridized carbons (Fsp3) is 0.273. The molecule has 1 rings (SSSR count). The summed E-state index contributed by atoms with van der Waals surface area (Å²) in [5.74, 6) is 0.293. The second kappa shape index (κ2) is 4.41. The fourth-order valence-corrected chi connectivity index (χ4v) is 1.34. The van der Waals surface area contributed by atoms with Gasteiger partial charge in [0.2, 0.25) is 6.08 Å². The van der Waals surface area contributed by atoms with E-state index in [-0.39, 0.29) is 0 Å². The second-order valence-electron chi connectivity index (χ2n) is 3.19. The van der Waals surface area contributed by atoms with Gasteiger partial charge in [0, 0.05) is 0 Å². The van der Waals surface area contributed by atoms with E-state index in [0.717, 1.165) is 16.7 Å². The minimum atomic E-state index is 0.293. The van der Waals surface area contributed by atoms with Crippen LogP contribution in [0.15, 0.2) is 11.1 Å². The number of benzene rings is 1. The molecule has 0 spiro atoms. The second-order valence-corrected chi connectivity index (χ2v) is 3.19. The van der Waals surface area contributed by atoms with Crippen LogP contribution in [0.25, 0.3) is 0 Å². The minimum Gasteiger partial charge on any atom is -0.386 e. The van der Waals surface area contributed by atoms with Crippen molar-refractivity contribution in [1.29, 1.82) is 5.26 Å². The van der Waals surface area contributed by atoms with Gasteiger partial charge in [0.1, 0.15) is 5.69 Å². The van der Waals surface area contributed by atoms with Crippen molar-refractivity contribution >= 4 is 11.8 Å². The first-order chi connectivity index (χ1) is 7.11. The summed E-state index contributed by atoms with van der Waals surface area (Å²) in [5.41, 5.74) is 3.20. The van der Waals surface area contributed by atoms with E-state index < -0.39 is 0 Å². The summed E-state index contributed by atoms with van der Waals surface area (Å²) in [5, 5.41) is 8.45. The molecule has 0 amide bonds. The highest BCUT2D eigenvalue weighted by Crippen LogP contribution is 2.34. The van der Waals surface area contributed by atoms with E-state index in [1.165, 1.54) is 6.08 Å². The van der Waals surface area contributed by atoms with Crippen LogP contribution in [-0.4, -0.2) is 6.08 Å². The van der Waals surface area contributed by atoms with Crippen LogP contribution >= 0.6 is 0 Å². The molecule has 0 aliphatic carbocycles. The molecular weight excluding hydrogens is 192 g/mol. The number of isocyanates is 1. The molecule has 0 N–H and O–H groups in total. The van der Waals surface area contributed by atoms with Crippen molar-refractivity contribution in [2.45, 2.75) is 20.8 Å². The molecule has 0 unspecified atom stereocenters. The topological polar surface area (TPSA) is 62.4 Å². The lowest BCUT2D eigenvalue weighted by Crippen LogP contribution is -1.92. The molecule has 4 nitrogen and oxygen atoms in total. The zero-order valence-electron chi connectivity index (χ0n) is 8.79. The Kier molecular flexibility index (Phi) is 3.22. The van der Waals surface area contributed by atoms with Crippen molar-refractivity contribution < 1.29 is 9.53 Å². The van der Waals surface area contributed by atoms with E-state index in [4.69, 9.17) is 10.00 Å². The zero-order valence-corrected chi connectivity index (χ0v) is 8.79. The Morgan fingerprint density at radius 2 is 2.00 bits per heavy atom. The van der Waals surface area contributed by atoms with Gasteiger partial charge in [-0.2, -0.15) is 4.99 Å². The lowest BCUT2D eigenvalue weighted by Gasteiger charge is -2.09. The van der Waals surface area contributed by atoms with Gasteiger partial charge in [-0.25, -0.2) is 4.79 Å². The standard InChI is InChI=1S/C11H10N2O2/c1-7-4-10(15-5-12)11(13-6-14)9(3)8(7)2/h4H,1-3H3. The molecule has 0 saturated carbocycles. The summed E-state index contributed by atoms with van der Waals surface area (Å²) in [6.45, 7) is 5.65. The summed E-state index contributed by atoms with van der Waals surface area (Å²) in [6, 6.07) is 1.68. The number of rotatable bonds is 2. The van der Waals surface area contributed by atoms with Gasteiger partial charge in [-0.15, -0.1) is 5.26 Å². The number of carbonyl (C=O) groups excluding carboxylic acids is 1. The third-order valence-corrected chi connectivity index (χ3v) is 2.40. The van der Waals surface area contributed by atoms with Crippen LogP contribution in [0.4, 0.5) is 5.69 Å². The first kappa shape index (κ1) is 11.0. The highest BCUT2D eigenvalue weighted by Gasteiger charge is 2.11. The Labute approximate surface area is 87.8 Å². The van der Waals surface area contributed by atoms with Gasteiger partial charge < -0.3 is 4.74 Å². The Bertz CT molecular complexity index is 480. The van der Waals surface area contributed by atoms with Crippen molar-refractivity contribution in [2.75, 3.05) is 0 Å². The summed E-state index contributed by atoms with van der Waals surface area (Å²) in [6.07, 6.45) is 3.02. The van der Waals surface area contributed by atoms with Gasteiger partial charge in [0.05, 0.1) is 0 Å². The molecule has 76 valence electrons. The van der Waals surface area contributed by atoms with Crippen LogP contribution in [0, 0.1) is 32.3 Å². The number of aliphatic imine (C=N–C) groups is 1. The molecule has 0 heterocycles.